The van der Waals surface area contributed by atoms with Gasteiger partial charge in [-0.15, -0.1) is 0 Å². The summed E-state index contributed by atoms with van der Waals surface area (Å²) >= 11 is 0. The maximum Gasteiger partial charge on any atom is 0.223 e. The van der Waals surface area contributed by atoms with E-state index in [1.54, 1.807) is 38.3 Å². The fourth-order valence-electron chi connectivity index (χ4n) is 3.58. The van der Waals surface area contributed by atoms with Crippen molar-refractivity contribution >= 4 is 11.7 Å². The van der Waals surface area contributed by atoms with Gasteiger partial charge in [0.2, 0.25) is 5.91 Å². The highest BCUT2D eigenvalue weighted by Crippen LogP contribution is 2.33. The van der Waals surface area contributed by atoms with E-state index in [0.29, 0.717) is 25.0 Å². The molecule has 1 amide bonds. The van der Waals surface area contributed by atoms with E-state index in [1.165, 1.54) is 0 Å². The van der Waals surface area contributed by atoms with Crippen molar-refractivity contribution in [1.29, 1.82) is 0 Å². The van der Waals surface area contributed by atoms with Crippen molar-refractivity contribution in [3.05, 3.63) is 59.7 Å². The van der Waals surface area contributed by atoms with Crippen LogP contribution in [0.25, 0.3) is 0 Å². The number of nitrogens with zero attached hydrogens (tertiary/aromatic N) is 1. The number of likely N-dealkylation sites (tertiary alicyclic amines) is 1. The molecule has 0 spiro atoms. The molecular weight excluding hydrogens is 354 g/mol. The molecule has 1 saturated heterocycles. The zero-order valence-corrected chi connectivity index (χ0v) is 16.5. The Balaban J connectivity index is 1.47. The summed E-state index contributed by atoms with van der Waals surface area (Å²) in [6.45, 7) is 2.83. The van der Waals surface area contributed by atoms with Crippen molar-refractivity contribution in [2.75, 3.05) is 20.3 Å². The minimum Gasteiger partial charge on any atom is -0.497 e. The second-order valence-electron chi connectivity index (χ2n) is 7.05. The number of ketones is 1. The Morgan fingerprint density at radius 2 is 1.71 bits per heavy atom. The van der Waals surface area contributed by atoms with Crippen LogP contribution in [0, 0.1) is 0 Å². The van der Waals surface area contributed by atoms with E-state index in [9.17, 15) is 9.59 Å². The van der Waals surface area contributed by atoms with Crippen molar-refractivity contribution < 1.29 is 19.1 Å². The predicted octanol–water partition coefficient (Wildman–Crippen LogP) is 4.42. The second-order valence-corrected chi connectivity index (χ2v) is 7.05. The maximum absolute atomic E-state index is 12.7. The smallest absolute Gasteiger partial charge is 0.223 e. The summed E-state index contributed by atoms with van der Waals surface area (Å²) in [5.41, 5.74) is 1.83. The van der Waals surface area contributed by atoms with Gasteiger partial charge in [0.05, 0.1) is 19.8 Å². The highest BCUT2D eigenvalue weighted by atomic mass is 16.5. The van der Waals surface area contributed by atoms with E-state index < -0.39 is 0 Å². The van der Waals surface area contributed by atoms with E-state index in [0.717, 1.165) is 36.4 Å². The molecule has 2 aromatic carbocycles. The number of methoxy groups -OCH3 is 1. The largest absolute Gasteiger partial charge is 0.497 e. The maximum atomic E-state index is 12.7. The number of hydrogen-bond donors (Lipinski definition) is 0. The topological polar surface area (TPSA) is 55.8 Å². The molecule has 0 radical (unpaired) electrons. The van der Waals surface area contributed by atoms with Crippen LogP contribution in [0.15, 0.2) is 48.5 Å². The molecule has 5 heteroatoms. The normalized spacial score (nSPS) is 16.1. The first-order valence-corrected chi connectivity index (χ1v) is 9.75. The second kappa shape index (κ2) is 9.40. The van der Waals surface area contributed by atoms with Gasteiger partial charge < -0.3 is 14.4 Å². The molecule has 0 aliphatic carbocycles. The van der Waals surface area contributed by atoms with Crippen molar-refractivity contribution in [3.8, 4) is 11.5 Å². The number of amides is 1. The fourth-order valence-corrected chi connectivity index (χ4v) is 3.58. The summed E-state index contributed by atoms with van der Waals surface area (Å²) < 4.78 is 10.9. The molecular formula is C23H27NO4. The van der Waals surface area contributed by atoms with Gasteiger partial charge in [-0.25, -0.2) is 0 Å². The molecule has 2 aromatic rings. The number of carbonyl (C=O) groups is 2. The Morgan fingerprint density at radius 1 is 1.04 bits per heavy atom. The van der Waals surface area contributed by atoms with Crippen molar-refractivity contribution in [3.63, 3.8) is 0 Å². The molecule has 0 saturated carbocycles. The van der Waals surface area contributed by atoms with Gasteiger partial charge in [0.25, 0.3) is 0 Å². The summed E-state index contributed by atoms with van der Waals surface area (Å²) in [5.74, 6) is 1.76. The average Bonchev–Trinajstić information content (AvgIpc) is 3.21. The van der Waals surface area contributed by atoms with E-state index >= 15 is 0 Å². The van der Waals surface area contributed by atoms with Crippen LogP contribution in [-0.2, 0) is 4.79 Å². The molecule has 3 rings (SSSR count). The van der Waals surface area contributed by atoms with Crippen LogP contribution >= 0.6 is 0 Å². The average molecular weight is 381 g/mol. The van der Waals surface area contributed by atoms with Gasteiger partial charge in [-0.2, -0.15) is 0 Å². The third kappa shape index (κ3) is 4.91. The molecule has 0 aromatic heterocycles. The van der Waals surface area contributed by atoms with Gasteiger partial charge in [0, 0.05) is 18.5 Å². The van der Waals surface area contributed by atoms with Crippen molar-refractivity contribution in [1.82, 2.24) is 4.90 Å². The number of benzene rings is 2. The number of carbonyl (C=O) groups excluding carboxylic acids is 2. The highest BCUT2D eigenvalue weighted by molar-refractivity contribution is 5.94. The molecule has 1 aliphatic heterocycles. The van der Waals surface area contributed by atoms with Gasteiger partial charge in [0.1, 0.15) is 11.5 Å². The fraction of sp³-hybridized carbons (Fsp3) is 0.391. The van der Waals surface area contributed by atoms with Crippen molar-refractivity contribution in [2.24, 2.45) is 0 Å². The first-order valence-electron chi connectivity index (χ1n) is 9.75. The van der Waals surface area contributed by atoms with E-state index in [1.807, 2.05) is 29.2 Å². The lowest BCUT2D eigenvalue weighted by Gasteiger charge is -2.25. The molecule has 1 fully saturated rings. The van der Waals surface area contributed by atoms with E-state index in [4.69, 9.17) is 9.47 Å². The number of Topliss-reactive ketones (excluding diaryl/α,β-unsaturated/α-hetero) is 1. The van der Waals surface area contributed by atoms with Crippen LogP contribution in [0.1, 0.15) is 54.6 Å². The van der Waals surface area contributed by atoms with E-state index in [2.05, 4.69) is 0 Å². The van der Waals surface area contributed by atoms with Crippen LogP contribution in [0.4, 0.5) is 0 Å². The molecule has 1 unspecified atom stereocenters. The quantitative estimate of drug-likeness (QED) is 0.502. The van der Waals surface area contributed by atoms with Crippen LogP contribution in [0.2, 0.25) is 0 Å². The van der Waals surface area contributed by atoms with Crippen molar-refractivity contribution in [2.45, 2.75) is 38.6 Å². The van der Waals surface area contributed by atoms with Crippen LogP contribution in [0.3, 0.4) is 0 Å². The summed E-state index contributed by atoms with van der Waals surface area (Å²) in [7, 11) is 1.65. The third-order valence-corrected chi connectivity index (χ3v) is 5.14. The standard InChI is InChI=1S/C23H27NO4/c1-17(25)18-7-13-21(14-8-18)28-16-4-6-23(26)24-15-3-5-22(24)19-9-11-20(27-2)12-10-19/h7-14,22H,3-6,15-16H2,1-2H3. The Hall–Kier alpha value is -2.82. The Morgan fingerprint density at radius 3 is 2.36 bits per heavy atom. The zero-order chi connectivity index (χ0) is 19.9. The molecule has 1 aliphatic rings. The summed E-state index contributed by atoms with van der Waals surface area (Å²) in [5, 5.41) is 0. The van der Waals surface area contributed by atoms with Crippen LogP contribution < -0.4 is 9.47 Å². The van der Waals surface area contributed by atoms with Gasteiger partial charge >= 0.3 is 0 Å². The first kappa shape index (κ1) is 19.9. The number of ether oxygens (including phenoxy) is 2. The summed E-state index contributed by atoms with van der Waals surface area (Å²) in [4.78, 5) is 26.0. The van der Waals surface area contributed by atoms with Gasteiger partial charge in [-0.3, -0.25) is 9.59 Å². The lowest BCUT2D eigenvalue weighted by molar-refractivity contribution is -0.132. The highest BCUT2D eigenvalue weighted by Gasteiger charge is 2.29. The monoisotopic (exact) mass is 381 g/mol. The Kier molecular flexibility index (Phi) is 6.69. The minimum absolute atomic E-state index is 0.0363. The lowest BCUT2D eigenvalue weighted by atomic mass is 10.0. The Labute approximate surface area is 166 Å². The molecule has 1 heterocycles. The van der Waals surface area contributed by atoms with Gasteiger partial charge in [-0.05, 0) is 68.1 Å². The zero-order valence-electron chi connectivity index (χ0n) is 16.5. The molecule has 0 N–H and O–H groups in total. The minimum atomic E-state index is 0.0363. The molecule has 28 heavy (non-hydrogen) atoms. The predicted molar refractivity (Wildman–Crippen MR) is 108 cm³/mol. The summed E-state index contributed by atoms with van der Waals surface area (Å²) in [6.07, 6.45) is 3.16. The number of hydrogen-bond acceptors (Lipinski definition) is 4. The van der Waals surface area contributed by atoms with Crippen LogP contribution in [0.5, 0.6) is 11.5 Å². The van der Waals surface area contributed by atoms with Gasteiger partial charge in [-0.1, -0.05) is 12.1 Å². The lowest BCUT2D eigenvalue weighted by Crippen LogP contribution is -2.30. The third-order valence-electron chi connectivity index (χ3n) is 5.14. The Bertz CT molecular complexity index is 798. The molecule has 1 atom stereocenters. The first-order chi connectivity index (χ1) is 13.6. The molecule has 5 nitrogen and oxygen atoms in total. The van der Waals surface area contributed by atoms with E-state index in [-0.39, 0.29) is 17.7 Å². The molecule has 148 valence electrons. The van der Waals surface area contributed by atoms with Crippen LogP contribution in [-0.4, -0.2) is 36.9 Å². The van der Waals surface area contributed by atoms with Gasteiger partial charge in [0.15, 0.2) is 5.78 Å². The summed E-state index contributed by atoms with van der Waals surface area (Å²) in [6, 6.07) is 15.2. The number of rotatable bonds is 8. The molecule has 0 bridgehead atoms. The SMILES string of the molecule is COc1ccc(C2CCCN2C(=O)CCCOc2ccc(C(C)=O)cc2)cc1.